The van der Waals surface area contributed by atoms with Crippen molar-refractivity contribution in [1.29, 1.82) is 0 Å². The zero-order valence-corrected chi connectivity index (χ0v) is 7.53. The molecule has 1 unspecified atom stereocenters. The summed E-state index contributed by atoms with van der Waals surface area (Å²) in [6.07, 6.45) is 4.66. The lowest BCUT2D eigenvalue weighted by Crippen LogP contribution is -2.46. The van der Waals surface area contributed by atoms with Crippen molar-refractivity contribution in [1.82, 2.24) is 10.3 Å². The van der Waals surface area contributed by atoms with Gasteiger partial charge in [-0.25, -0.2) is 0 Å². The van der Waals surface area contributed by atoms with E-state index in [2.05, 4.69) is 10.3 Å². The minimum absolute atomic E-state index is 0.731. The fraction of sp³-hybridized carbons (Fsp3) is 0.500. The summed E-state index contributed by atoms with van der Waals surface area (Å²) < 4.78 is 0. The van der Waals surface area contributed by atoms with Crippen molar-refractivity contribution >= 4 is 0 Å². The average molecular weight is 178 g/mol. The third-order valence-corrected chi connectivity index (χ3v) is 2.47. The molecule has 0 aromatic carbocycles. The minimum Gasteiger partial charge on any atom is -0.370 e. The molecular formula is C10H14N2O. The lowest BCUT2D eigenvalue weighted by atomic mass is 9.97. The molecule has 2 heterocycles. The van der Waals surface area contributed by atoms with Gasteiger partial charge in [0, 0.05) is 6.20 Å². The molecule has 0 saturated carbocycles. The first-order valence-corrected chi connectivity index (χ1v) is 4.70. The number of aromatic nitrogens is 1. The van der Waals surface area contributed by atoms with E-state index in [4.69, 9.17) is 0 Å². The molecular weight excluding hydrogens is 164 g/mol. The first-order valence-electron chi connectivity index (χ1n) is 4.70. The largest absolute Gasteiger partial charge is 0.370 e. The van der Waals surface area contributed by atoms with Crippen LogP contribution >= 0.6 is 0 Å². The van der Waals surface area contributed by atoms with Crippen molar-refractivity contribution in [3.63, 3.8) is 0 Å². The van der Waals surface area contributed by atoms with E-state index < -0.39 is 5.72 Å². The Morgan fingerprint density at radius 2 is 2.31 bits per heavy atom. The third-order valence-electron chi connectivity index (χ3n) is 2.47. The Morgan fingerprint density at radius 3 is 2.92 bits per heavy atom. The second kappa shape index (κ2) is 3.44. The van der Waals surface area contributed by atoms with Gasteiger partial charge in [0.25, 0.3) is 0 Å². The van der Waals surface area contributed by atoms with Gasteiger partial charge in [0.2, 0.25) is 0 Å². The summed E-state index contributed by atoms with van der Waals surface area (Å²) in [5.41, 5.74) is -0.158. The Labute approximate surface area is 77.8 Å². The molecule has 0 bridgehead atoms. The van der Waals surface area contributed by atoms with Gasteiger partial charge in [-0.2, -0.15) is 0 Å². The van der Waals surface area contributed by atoms with Gasteiger partial charge in [0.05, 0.1) is 5.69 Å². The Balaban J connectivity index is 2.23. The van der Waals surface area contributed by atoms with Crippen molar-refractivity contribution in [2.24, 2.45) is 0 Å². The van der Waals surface area contributed by atoms with E-state index in [1.807, 2.05) is 18.2 Å². The second-order valence-corrected chi connectivity index (χ2v) is 3.46. The highest BCUT2D eigenvalue weighted by molar-refractivity contribution is 5.12. The van der Waals surface area contributed by atoms with E-state index in [1.165, 1.54) is 0 Å². The fourth-order valence-electron chi connectivity index (χ4n) is 1.72. The minimum atomic E-state index is -0.889. The number of aliphatic hydroxyl groups is 1. The maximum Gasteiger partial charge on any atom is 0.159 e. The molecule has 2 rings (SSSR count). The lowest BCUT2D eigenvalue weighted by Gasteiger charge is -2.32. The van der Waals surface area contributed by atoms with Crippen LogP contribution in [0.5, 0.6) is 0 Å². The zero-order valence-electron chi connectivity index (χ0n) is 7.53. The summed E-state index contributed by atoms with van der Waals surface area (Å²) in [7, 11) is 0. The third kappa shape index (κ3) is 1.71. The molecule has 1 aliphatic rings. The van der Waals surface area contributed by atoms with Crippen LogP contribution in [-0.2, 0) is 5.72 Å². The van der Waals surface area contributed by atoms with E-state index in [-0.39, 0.29) is 0 Å². The zero-order chi connectivity index (χ0) is 9.15. The summed E-state index contributed by atoms with van der Waals surface area (Å²) in [5.74, 6) is 0. The predicted octanol–water partition coefficient (Wildman–Crippen LogP) is 1.00. The average Bonchev–Trinajstić information content (AvgIpc) is 2.20. The van der Waals surface area contributed by atoms with Crippen LogP contribution in [-0.4, -0.2) is 16.6 Å². The fourth-order valence-corrected chi connectivity index (χ4v) is 1.72. The number of hydrogen-bond donors (Lipinski definition) is 2. The maximum absolute atomic E-state index is 10.2. The first-order chi connectivity index (χ1) is 6.31. The van der Waals surface area contributed by atoms with E-state index >= 15 is 0 Å². The quantitative estimate of drug-likeness (QED) is 0.674. The van der Waals surface area contributed by atoms with Gasteiger partial charge in [-0.05, 0) is 37.9 Å². The number of nitrogens with one attached hydrogen (secondary N) is 1. The molecule has 3 nitrogen and oxygen atoms in total. The number of nitrogens with zero attached hydrogens (tertiary/aromatic N) is 1. The smallest absolute Gasteiger partial charge is 0.159 e. The first kappa shape index (κ1) is 8.66. The maximum atomic E-state index is 10.2. The molecule has 0 radical (unpaired) electrons. The van der Waals surface area contributed by atoms with Crippen LogP contribution in [0.4, 0.5) is 0 Å². The molecule has 13 heavy (non-hydrogen) atoms. The summed E-state index contributed by atoms with van der Waals surface area (Å²) in [6.45, 7) is 0.868. The van der Waals surface area contributed by atoms with Crippen molar-refractivity contribution in [2.45, 2.75) is 25.0 Å². The monoisotopic (exact) mass is 178 g/mol. The molecule has 1 aromatic rings. The number of hydrogen-bond acceptors (Lipinski definition) is 3. The Bertz CT molecular complexity index is 268. The van der Waals surface area contributed by atoms with Gasteiger partial charge in [0.15, 0.2) is 5.72 Å². The van der Waals surface area contributed by atoms with Crippen LogP contribution in [0.2, 0.25) is 0 Å². The van der Waals surface area contributed by atoms with Gasteiger partial charge in [-0.3, -0.25) is 10.3 Å². The molecule has 1 aliphatic heterocycles. The van der Waals surface area contributed by atoms with Gasteiger partial charge in [-0.1, -0.05) is 6.07 Å². The molecule has 0 spiro atoms. The molecule has 1 saturated heterocycles. The highest BCUT2D eigenvalue weighted by atomic mass is 16.3. The van der Waals surface area contributed by atoms with Crippen LogP contribution in [0.1, 0.15) is 25.0 Å². The topological polar surface area (TPSA) is 45.2 Å². The van der Waals surface area contributed by atoms with E-state index in [9.17, 15) is 5.11 Å². The second-order valence-electron chi connectivity index (χ2n) is 3.46. The summed E-state index contributed by atoms with van der Waals surface area (Å²) in [5, 5.41) is 13.3. The Kier molecular flexibility index (Phi) is 2.29. The molecule has 1 aromatic heterocycles. The van der Waals surface area contributed by atoms with Gasteiger partial charge >= 0.3 is 0 Å². The molecule has 1 atom stereocenters. The van der Waals surface area contributed by atoms with E-state index in [0.717, 1.165) is 31.5 Å². The lowest BCUT2D eigenvalue weighted by molar-refractivity contribution is -0.0279. The van der Waals surface area contributed by atoms with Crippen LogP contribution in [0.15, 0.2) is 24.4 Å². The predicted molar refractivity (Wildman–Crippen MR) is 50.0 cm³/mol. The Hall–Kier alpha value is -0.930. The number of piperidine rings is 1. The van der Waals surface area contributed by atoms with Gasteiger partial charge in [0.1, 0.15) is 0 Å². The number of rotatable bonds is 1. The highest BCUT2D eigenvalue weighted by Gasteiger charge is 2.31. The van der Waals surface area contributed by atoms with E-state index in [1.54, 1.807) is 6.20 Å². The van der Waals surface area contributed by atoms with Gasteiger partial charge in [-0.15, -0.1) is 0 Å². The highest BCUT2D eigenvalue weighted by Crippen LogP contribution is 2.25. The molecule has 3 heteroatoms. The Morgan fingerprint density at radius 1 is 1.38 bits per heavy atom. The van der Waals surface area contributed by atoms with Crippen LogP contribution in [0, 0.1) is 0 Å². The SMILES string of the molecule is OC1(c2ccccn2)CCCCN1. The van der Waals surface area contributed by atoms with E-state index in [0.29, 0.717) is 0 Å². The van der Waals surface area contributed by atoms with Crippen molar-refractivity contribution in [2.75, 3.05) is 6.54 Å². The van der Waals surface area contributed by atoms with Crippen LogP contribution in [0.25, 0.3) is 0 Å². The van der Waals surface area contributed by atoms with Gasteiger partial charge < -0.3 is 5.11 Å². The van der Waals surface area contributed by atoms with Crippen LogP contribution in [0.3, 0.4) is 0 Å². The normalized spacial score (nSPS) is 28.7. The van der Waals surface area contributed by atoms with Crippen molar-refractivity contribution < 1.29 is 5.11 Å². The summed E-state index contributed by atoms with van der Waals surface area (Å²) in [6, 6.07) is 5.62. The van der Waals surface area contributed by atoms with Crippen LogP contribution < -0.4 is 5.32 Å². The number of pyridine rings is 1. The molecule has 2 N–H and O–H groups in total. The molecule has 0 amide bonds. The summed E-state index contributed by atoms with van der Waals surface area (Å²) in [4.78, 5) is 4.16. The standard InChI is InChI=1S/C10H14N2O/c13-10(6-2-4-8-12-10)9-5-1-3-7-11-9/h1,3,5,7,12-13H,2,4,6,8H2. The molecule has 0 aliphatic carbocycles. The summed E-state index contributed by atoms with van der Waals surface area (Å²) >= 11 is 0. The molecule has 70 valence electrons. The van der Waals surface area contributed by atoms with Crippen molar-refractivity contribution in [3.8, 4) is 0 Å². The molecule has 1 fully saturated rings. The van der Waals surface area contributed by atoms with Crippen molar-refractivity contribution in [3.05, 3.63) is 30.1 Å².